The Kier molecular flexibility index (Phi) is 5.18. The van der Waals surface area contributed by atoms with Gasteiger partial charge in [-0.25, -0.2) is 4.39 Å². The number of aryl methyl sites for hydroxylation is 2. The zero-order valence-electron chi connectivity index (χ0n) is 13.8. The minimum atomic E-state index is -0.331. The molecule has 0 unspecified atom stereocenters. The van der Waals surface area contributed by atoms with E-state index >= 15 is 0 Å². The topological polar surface area (TPSA) is 68.0 Å². The summed E-state index contributed by atoms with van der Waals surface area (Å²) in [5.41, 5.74) is 2.38. The van der Waals surface area contributed by atoms with E-state index in [-0.39, 0.29) is 24.7 Å². The van der Waals surface area contributed by atoms with Crippen molar-refractivity contribution in [3.8, 4) is 11.5 Å². The highest BCUT2D eigenvalue weighted by Gasteiger charge is 2.12. The van der Waals surface area contributed by atoms with Crippen LogP contribution in [-0.4, -0.2) is 16.1 Å². The Bertz CT molecular complexity index is 876. The Balaban J connectivity index is 1.53. The number of hydrogen-bond acceptors (Lipinski definition) is 4. The van der Waals surface area contributed by atoms with Crippen LogP contribution in [0.2, 0.25) is 0 Å². The van der Waals surface area contributed by atoms with Gasteiger partial charge < -0.3 is 9.73 Å². The quantitative estimate of drug-likeness (QED) is 0.747. The van der Waals surface area contributed by atoms with E-state index in [4.69, 9.17) is 4.42 Å². The van der Waals surface area contributed by atoms with Gasteiger partial charge in [0, 0.05) is 30.5 Å². The minimum Gasteiger partial charge on any atom is -0.421 e. The van der Waals surface area contributed by atoms with E-state index in [1.165, 1.54) is 6.07 Å². The number of aromatic nitrogens is 2. The highest BCUT2D eigenvalue weighted by molar-refractivity contribution is 5.76. The van der Waals surface area contributed by atoms with Crippen LogP contribution in [0, 0.1) is 12.7 Å². The molecule has 1 amide bonds. The molecule has 0 radical (unpaired) electrons. The molecule has 0 aliphatic carbocycles. The highest BCUT2D eigenvalue weighted by atomic mass is 19.1. The zero-order valence-corrected chi connectivity index (χ0v) is 13.8. The molecule has 1 heterocycles. The van der Waals surface area contributed by atoms with Crippen molar-refractivity contribution in [1.29, 1.82) is 0 Å². The van der Waals surface area contributed by atoms with Crippen LogP contribution >= 0.6 is 0 Å². The van der Waals surface area contributed by atoms with Gasteiger partial charge in [-0.15, -0.1) is 10.2 Å². The molecule has 0 spiro atoms. The van der Waals surface area contributed by atoms with E-state index in [1.54, 1.807) is 18.2 Å². The van der Waals surface area contributed by atoms with Crippen molar-refractivity contribution < 1.29 is 13.6 Å². The molecule has 6 heteroatoms. The van der Waals surface area contributed by atoms with Gasteiger partial charge in [0.25, 0.3) is 0 Å². The number of nitrogens with zero attached hydrogens (tertiary/aromatic N) is 2. The molecule has 2 aromatic carbocycles. The summed E-state index contributed by atoms with van der Waals surface area (Å²) in [4.78, 5) is 11.9. The fourth-order valence-electron chi connectivity index (χ4n) is 2.42. The maximum Gasteiger partial charge on any atom is 0.247 e. The van der Waals surface area contributed by atoms with E-state index in [9.17, 15) is 9.18 Å². The fraction of sp³-hybridized carbons (Fsp3) is 0.211. The van der Waals surface area contributed by atoms with E-state index < -0.39 is 0 Å². The number of carbonyl (C=O) groups excluding carboxylic acids is 1. The minimum absolute atomic E-state index is 0.157. The molecule has 0 aliphatic rings. The molecule has 0 saturated carbocycles. The first-order valence-corrected chi connectivity index (χ1v) is 8.02. The summed E-state index contributed by atoms with van der Waals surface area (Å²) in [6.45, 7) is 2.12. The third-order valence-electron chi connectivity index (χ3n) is 3.84. The standard InChI is InChI=1S/C19H18FN3O2/c1-13-6-2-4-8-15(13)19-23-22-18(25-19)11-10-17(24)21-12-14-7-3-5-9-16(14)20/h2-9H,10-12H2,1H3,(H,21,24). The number of halogens is 1. The summed E-state index contributed by atoms with van der Waals surface area (Å²) in [6, 6.07) is 14.1. The predicted octanol–water partition coefficient (Wildman–Crippen LogP) is 3.43. The largest absolute Gasteiger partial charge is 0.421 e. The van der Waals surface area contributed by atoms with E-state index in [0.717, 1.165) is 11.1 Å². The van der Waals surface area contributed by atoms with Gasteiger partial charge in [0.1, 0.15) is 5.82 Å². The Morgan fingerprint density at radius 2 is 1.88 bits per heavy atom. The number of hydrogen-bond donors (Lipinski definition) is 1. The van der Waals surface area contributed by atoms with Crippen molar-refractivity contribution in [1.82, 2.24) is 15.5 Å². The zero-order chi connectivity index (χ0) is 17.6. The lowest BCUT2D eigenvalue weighted by Gasteiger charge is -2.05. The molecule has 25 heavy (non-hydrogen) atoms. The lowest BCUT2D eigenvalue weighted by atomic mass is 10.1. The molecule has 0 aliphatic heterocycles. The van der Waals surface area contributed by atoms with E-state index in [2.05, 4.69) is 15.5 Å². The van der Waals surface area contributed by atoms with Gasteiger partial charge in [0.15, 0.2) is 0 Å². The number of benzene rings is 2. The van der Waals surface area contributed by atoms with Gasteiger partial charge in [0.05, 0.1) is 0 Å². The Morgan fingerprint density at radius 3 is 2.68 bits per heavy atom. The first-order chi connectivity index (χ1) is 12.1. The van der Waals surface area contributed by atoms with Crippen LogP contribution in [0.5, 0.6) is 0 Å². The van der Waals surface area contributed by atoms with E-state index in [0.29, 0.717) is 23.8 Å². The summed E-state index contributed by atoms with van der Waals surface area (Å²) in [7, 11) is 0. The van der Waals surface area contributed by atoms with Crippen molar-refractivity contribution in [2.45, 2.75) is 26.3 Å². The second kappa shape index (κ2) is 7.70. The van der Waals surface area contributed by atoms with Crippen molar-refractivity contribution >= 4 is 5.91 Å². The van der Waals surface area contributed by atoms with Gasteiger partial charge in [0.2, 0.25) is 17.7 Å². The molecule has 3 aromatic rings. The number of carbonyl (C=O) groups is 1. The normalized spacial score (nSPS) is 10.6. The van der Waals surface area contributed by atoms with Crippen LogP contribution < -0.4 is 5.32 Å². The van der Waals surface area contributed by atoms with Crippen LogP contribution in [0.15, 0.2) is 52.9 Å². The van der Waals surface area contributed by atoms with Crippen molar-refractivity contribution in [2.24, 2.45) is 0 Å². The first-order valence-electron chi connectivity index (χ1n) is 8.02. The first kappa shape index (κ1) is 16.8. The molecule has 3 rings (SSSR count). The smallest absolute Gasteiger partial charge is 0.247 e. The number of amides is 1. The number of rotatable bonds is 6. The molecule has 0 bridgehead atoms. The maximum atomic E-state index is 13.5. The van der Waals surface area contributed by atoms with Crippen LogP contribution in [-0.2, 0) is 17.8 Å². The monoisotopic (exact) mass is 339 g/mol. The van der Waals surface area contributed by atoms with Gasteiger partial charge in [-0.1, -0.05) is 36.4 Å². The second-order valence-corrected chi connectivity index (χ2v) is 5.68. The summed E-state index contributed by atoms with van der Waals surface area (Å²) in [5, 5.41) is 10.7. The van der Waals surface area contributed by atoms with Gasteiger partial charge in [-0.3, -0.25) is 4.79 Å². The number of nitrogens with one attached hydrogen (secondary N) is 1. The van der Waals surface area contributed by atoms with Gasteiger partial charge >= 0.3 is 0 Å². The third-order valence-corrected chi connectivity index (χ3v) is 3.84. The van der Waals surface area contributed by atoms with Crippen LogP contribution in [0.25, 0.3) is 11.5 Å². The lowest BCUT2D eigenvalue weighted by molar-refractivity contribution is -0.121. The van der Waals surface area contributed by atoms with Crippen LogP contribution in [0.3, 0.4) is 0 Å². The fourth-order valence-corrected chi connectivity index (χ4v) is 2.42. The van der Waals surface area contributed by atoms with Gasteiger partial charge in [-0.05, 0) is 24.6 Å². The Hall–Kier alpha value is -3.02. The van der Waals surface area contributed by atoms with Crippen molar-refractivity contribution in [3.05, 3.63) is 71.4 Å². The molecule has 0 atom stereocenters. The summed E-state index contributed by atoms with van der Waals surface area (Å²) >= 11 is 0. The van der Waals surface area contributed by atoms with Crippen molar-refractivity contribution in [3.63, 3.8) is 0 Å². The lowest BCUT2D eigenvalue weighted by Crippen LogP contribution is -2.23. The van der Waals surface area contributed by atoms with Crippen LogP contribution in [0.4, 0.5) is 4.39 Å². The van der Waals surface area contributed by atoms with E-state index in [1.807, 2.05) is 31.2 Å². The SMILES string of the molecule is Cc1ccccc1-c1nnc(CCC(=O)NCc2ccccc2F)o1. The molecule has 1 N–H and O–H groups in total. The Morgan fingerprint density at radius 1 is 1.12 bits per heavy atom. The highest BCUT2D eigenvalue weighted by Crippen LogP contribution is 2.21. The molecular weight excluding hydrogens is 321 g/mol. The second-order valence-electron chi connectivity index (χ2n) is 5.68. The third kappa shape index (κ3) is 4.29. The summed E-state index contributed by atoms with van der Waals surface area (Å²) < 4.78 is 19.1. The predicted molar refractivity (Wildman–Crippen MR) is 91.0 cm³/mol. The maximum absolute atomic E-state index is 13.5. The Labute approximate surface area is 144 Å². The average molecular weight is 339 g/mol. The molecular formula is C19H18FN3O2. The summed E-state index contributed by atoms with van der Waals surface area (Å²) in [6.07, 6.45) is 0.534. The van der Waals surface area contributed by atoms with Crippen molar-refractivity contribution in [2.75, 3.05) is 0 Å². The molecule has 128 valence electrons. The molecule has 0 fully saturated rings. The molecule has 5 nitrogen and oxygen atoms in total. The summed E-state index contributed by atoms with van der Waals surface area (Å²) in [5.74, 6) is 0.320. The molecule has 0 saturated heterocycles. The van der Waals surface area contributed by atoms with Gasteiger partial charge in [-0.2, -0.15) is 0 Å². The average Bonchev–Trinajstić information content (AvgIpc) is 3.08. The van der Waals surface area contributed by atoms with Crippen LogP contribution in [0.1, 0.15) is 23.4 Å². The molecule has 1 aromatic heterocycles.